The molecule has 1 N–H and O–H groups in total. The van der Waals surface area contributed by atoms with E-state index in [1.165, 1.54) is 0 Å². The van der Waals surface area contributed by atoms with Gasteiger partial charge >= 0.3 is 0 Å². The zero-order valence-electron chi connectivity index (χ0n) is 8.08. The van der Waals surface area contributed by atoms with Gasteiger partial charge in [0.2, 0.25) is 0 Å². The van der Waals surface area contributed by atoms with Crippen molar-refractivity contribution in [1.29, 1.82) is 0 Å². The fourth-order valence-corrected chi connectivity index (χ4v) is 1.65. The zero-order valence-corrected chi connectivity index (χ0v) is 8.08. The smallest absolute Gasteiger partial charge is 0.194 e. The highest BCUT2D eigenvalue weighted by Crippen LogP contribution is 2.38. The minimum atomic E-state index is -0.601. The molecule has 0 radical (unpaired) electrons. The van der Waals surface area contributed by atoms with E-state index in [9.17, 15) is 0 Å². The molecule has 4 nitrogen and oxygen atoms in total. The Balaban J connectivity index is 2.11. The molecular weight excluding hydrogens is 172 g/mol. The van der Waals surface area contributed by atoms with Crippen molar-refractivity contribution >= 4 is 0 Å². The molecule has 3 aliphatic rings. The first-order valence-corrected chi connectivity index (χ1v) is 4.65. The third-order valence-electron chi connectivity index (χ3n) is 2.91. The highest BCUT2D eigenvalue weighted by atomic mass is 16.8. The van der Waals surface area contributed by atoms with Crippen LogP contribution in [0.15, 0.2) is 0 Å². The van der Waals surface area contributed by atoms with Crippen molar-refractivity contribution in [2.75, 3.05) is 26.4 Å². The first kappa shape index (κ1) is 9.40. The topological polar surface area (TPSA) is 47.9 Å². The van der Waals surface area contributed by atoms with E-state index in [4.69, 9.17) is 19.3 Å². The van der Waals surface area contributed by atoms with Gasteiger partial charge in [-0.1, -0.05) is 13.8 Å². The number of aliphatic hydroxyl groups excluding tert-OH is 1. The summed E-state index contributed by atoms with van der Waals surface area (Å²) in [6.07, 6.45) is 0. The molecule has 0 spiro atoms. The third kappa shape index (κ3) is 1.29. The Morgan fingerprint density at radius 2 is 1.77 bits per heavy atom. The van der Waals surface area contributed by atoms with E-state index < -0.39 is 11.4 Å². The average molecular weight is 188 g/mol. The maximum absolute atomic E-state index is 9.10. The van der Waals surface area contributed by atoms with Crippen molar-refractivity contribution in [2.45, 2.75) is 25.2 Å². The summed E-state index contributed by atoms with van der Waals surface area (Å²) in [7, 11) is 0. The van der Waals surface area contributed by atoms with Crippen LogP contribution in [0.5, 0.6) is 0 Å². The van der Waals surface area contributed by atoms with E-state index in [-0.39, 0.29) is 12.5 Å². The van der Waals surface area contributed by atoms with E-state index in [0.29, 0.717) is 19.8 Å². The normalized spacial score (nSPS) is 44.3. The maximum Gasteiger partial charge on any atom is 0.194 e. The minimum Gasteiger partial charge on any atom is -0.393 e. The second-order valence-corrected chi connectivity index (χ2v) is 4.17. The van der Waals surface area contributed by atoms with Gasteiger partial charge in [-0.2, -0.15) is 0 Å². The summed E-state index contributed by atoms with van der Waals surface area (Å²) >= 11 is 0. The molecule has 13 heavy (non-hydrogen) atoms. The van der Waals surface area contributed by atoms with Gasteiger partial charge in [-0.25, -0.2) is 0 Å². The quantitative estimate of drug-likeness (QED) is 0.670. The van der Waals surface area contributed by atoms with Crippen LogP contribution < -0.4 is 0 Å². The predicted octanol–water partition coefficient (Wildman–Crippen LogP) is 0.147. The summed E-state index contributed by atoms with van der Waals surface area (Å²) in [5, 5.41) is 9.10. The van der Waals surface area contributed by atoms with Crippen LogP contribution >= 0.6 is 0 Å². The molecule has 0 aromatic heterocycles. The summed E-state index contributed by atoms with van der Waals surface area (Å²) < 4.78 is 16.8. The average Bonchev–Trinajstić information content (AvgIpc) is 2.20. The SMILES string of the molecule is CC(C)C12COC(CO)(CO1)CO2. The number of ether oxygens (including phenoxy) is 3. The van der Waals surface area contributed by atoms with E-state index >= 15 is 0 Å². The fourth-order valence-electron chi connectivity index (χ4n) is 1.65. The summed E-state index contributed by atoms with van der Waals surface area (Å²) in [5.41, 5.74) is -0.601. The van der Waals surface area contributed by atoms with Crippen LogP contribution in [-0.4, -0.2) is 42.9 Å². The first-order chi connectivity index (χ1) is 6.13. The van der Waals surface area contributed by atoms with Gasteiger partial charge in [-0.3, -0.25) is 0 Å². The molecule has 0 amide bonds. The summed E-state index contributed by atoms with van der Waals surface area (Å²) in [6, 6.07) is 0. The predicted molar refractivity (Wildman–Crippen MR) is 45.2 cm³/mol. The lowest BCUT2D eigenvalue weighted by atomic mass is 9.96. The molecule has 0 aliphatic carbocycles. The Morgan fingerprint density at radius 3 is 2.08 bits per heavy atom. The van der Waals surface area contributed by atoms with Crippen LogP contribution in [0.25, 0.3) is 0 Å². The maximum atomic E-state index is 9.10. The minimum absolute atomic E-state index is 0.0405. The van der Waals surface area contributed by atoms with Crippen molar-refractivity contribution in [2.24, 2.45) is 5.92 Å². The lowest BCUT2D eigenvalue weighted by molar-refractivity contribution is -0.413. The van der Waals surface area contributed by atoms with Gasteiger partial charge in [-0.05, 0) is 0 Å². The summed E-state index contributed by atoms with van der Waals surface area (Å²) in [4.78, 5) is 0. The van der Waals surface area contributed by atoms with E-state index in [1.807, 2.05) is 13.8 Å². The molecular formula is C9H16O4. The van der Waals surface area contributed by atoms with Gasteiger partial charge < -0.3 is 19.3 Å². The van der Waals surface area contributed by atoms with Crippen LogP contribution in [-0.2, 0) is 14.2 Å². The second kappa shape index (κ2) is 2.92. The molecule has 0 saturated carbocycles. The van der Waals surface area contributed by atoms with Crippen LogP contribution in [0, 0.1) is 5.92 Å². The van der Waals surface area contributed by atoms with Crippen molar-refractivity contribution in [3.05, 3.63) is 0 Å². The fraction of sp³-hybridized carbons (Fsp3) is 1.00. The largest absolute Gasteiger partial charge is 0.393 e. The molecule has 3 rings (SSSR count). The lowest BCUT2D eigenvalue weighted by Gasteiger charge is -2.53. The van der Waals surface area contributed by atoms with Crippen molar-refractivity contribution in [3.63, 3.8) is 0 Å². The number of hydrogen-bond donors (Lipinski definition) is 1. The molecule has 76 valence electrons. The van der Waals surface area contributed by atoms with Crippen LogP contribution in [0.2, 0.25) is 0 Å². The van der Waals surface area contributed by atoms with E-state index in [2.05, 4.69) is 0 Å². The van der Waals surface area contributed by atoms with Crippen LogP contribution in [0.3, 0.4) is 0 Å². The molecule has 3 saturated heterocycles. The summed E-state index contributed by atoms with van der Waals surface area (Å²) in [6.45, 7) is 5.33. The van der Waals surface area contributed by atoms with E-state index in [0.717, 1.165) is 0 Å². The number of aliphatic hydroxyl groups is 1. The Bertz CT molecular complexity index is 177. The Morgan fingerprint density at radius 1 is 1.15 bits per heavy atom. The van der Waals surface area contributed by atoms with Crippen molar-refractivity contribution < 1.29 is 19.3 Å². The molecule has 4 heteroatoms. The highest BCUT2D eigenvalue weighted by molar-refractivity contribution is 4.94. The third-order valence-corrected chi connectivity index (χ3v) is 2.91. The van der Waals surface area contributed by atoms with Crippen molar-refractivity contribution in [1.82, 2.24) is 0 Å². The Hall–Kier alpha value is -0.160. The standard InChI is InChI=1S/C9H16O4/c1-7(2)9-6-11-8(3-10,4-12-9)5-13-9/h7,10H,3-6H2,1-2H3. The van der Waals surface area contributed by atoms with Gasteiger partial charge in [0.25, 0.3) is 0 Å². The molecule has 3 fully saturated rings. The second-order valence-electron chi connectivity index (χ2n) is 4.17. The van der Waals surface area contributed by atoms with Gasteiger partial charge in [0, 0.05) is 5.92 Å². The Kier molecular flexibility index (Phi) is 2.11. The number of rotatable bonds is 2. The van der Waals surface area contributed by atoms with Crippen LogP contribution in [0.4, 0.5) is 0 Å². The van der Waals surface area contributed by atoms with Gasteiger partial charge in [-0.15, -0.1) is 0 Å². The van der Waals surface area contributed by atoms with Crippen molar-refractivity contribution in [3.8, 4) is 0 Å². The lowest BCUT2D eigenvalue weighted by Crippen LogP contribution is -2.67. The molecule has 0 unspecified atom stereocenters. The monoisotopic (exact) mass is 188 g/mol. The number of hydrogen-bond acceptors (Lipinski definition) is 4. The van der Waals surface area contributed by atoms with E-state index in [1.54, 1.807) is 0 Å². The molecule has 0 aromatic carbocycles. The van der Waals surface area contributed by atoms with Crippen LogP contribution in [0.1, 0.15) is 13.8 Å². The van der Waals surface area contributed by atoms with Gasteiger partial charge in [0.1, 0.15) is 12.2 Å². The Labute approximate surface area is 77.8 Å². The van der Waals surface area contributed by atoms with Gasteiger partial charge in [0.15, 0.2) is 5.79 Å². The van der Waals surface area contributed by atoms with Gasteiger partial charge in [0.05, 0.1) is 19.8 Å². The molecule has 0 atom stereocenters. The molecule has 3 aliphatic heterocycles. The number of fused-ring (bicyclic) bond motifs is 3. The molecule has 0 aromatic rings. The molecule has 2 bridgehead atoms. The zero-order chi connectivity index (χ0) is 9.53. The highest BCUT2D eigenvalue weighted by Gasteiger charge is 2.53. The molecule has 3 heterocycles. The summed E-state index contributed by atoms with van der Waals surface area (Å²) in [5.74, 6) is -0.304. The first-order valence-electron chi connectivity index (χ1n) is 4.65.